The van der Waals surface area contributed by atoms with Crippen molar-refractivity contribution < 1.29 is 13.9 Å². The van der Waals surface area contributed by atoms with Gasteiger partial charge in [0.05, 0.1) is 5.69 Å². The number of halogens is 1. The first-order valence-electron chi connectivity index (χ1n) is 7.38. The third-order valence-electron chi connectivity index (χ3n) is 3.26. The van der Waals surface area contributed by atoms with Crippen molar-refractivity contribution in [1.29, 1.82) is 0 Å². The molecule has 0 spiro atoms. The highest BCUT2D eigenvalue weighted by molar-refractivity contribution is 5.92. The lowest BCUT2D eigenvalue weighted by atomic mass is 10.1. The van der Waals surface area contributed by atoms with Crippen molar-refractivity contribution in [3.8, 4) is 5.75 Å². The lowest BCUT2D eigenvalue weighted by Crippen LogP contribution is -2.28. The number of benzene rings is 1. The highest BCUT2D eigenvalue weighted by Crippen LogP contribution is 2.22. The fourth-order valence-electron chi connectivity index (χ4n) is 2.00. The van der Waals surface area contributed by atoms with Crippen LogP contribution in [0.25, 0.3) is 0 Å². The molecule has 0 fully saturated rings. The van der Waals surface area contributed by atoms with Gasteiger partial charge in [0.25, 0.3) is 0 Å². The molecule has 2 aromatic rings. The number of pyridine rings is 1. The van der Waals surface area contributed by atoms with Gasteiger partial charge < -0.3 is 15.4 Å². The number of carbonyl (C=O) groups excluding carboxylic acids is 1. The summed E-state index contributed by atoms with van der Waals surface area (Å²) in [6.07, 6.45) is 1.65. The molecule has 0 aliphatic heterocycles. The molecule has 5 nitrogen and oxygen atoms in total. The average molecular weight is 317 g/mol. The van der Waals surface area contributed by atoms with E-state index in [1.807, 2.05) is 6.07 Å². The van der Waals surface area contributed by atoms with Crippen molar-refractivity contribution in [1.82, 2.24) is 10.3 Å². The number of nitrogens with one attached hydrogen (secondary N) is 2. The number of carbonyl (C=O) groups is 1. The quantitative estimate of drug-likeness (QED) is 0.824. The number of nitrogens with zero attached hydrogens (tertiary/aromatic N) is 1. The van der Waals surface area contributed by atoms with Gasteiger partial charge in [-0.2, -0.15) is 0 Å². The molecule has 1 aromatic heterocycles. The largest absolute Gasteiger partial charge is 0.484 e. The Bertz CT molecular complexity index is 650. The minimum absolute atomic E-state index is 0.122. The zero-order valence-corrected chi connectivity index (χ0v) is 13.2. The number of ether oxygens (including phenoxy) is 1. The van der Waals surface area contributed by atoms with Gasteiger partial charge in [0.1, 0.15) is 6.61 Å². The van der Waals surface area contributed by atoms with E-state index in [0.717, 1.165) is 0 Å². The molecule has 1 unspecified atom stereocenters. The van der Waals surface area contributed by atoms with Crippen LogP contribution in [0.4, 0.5) is 10.1 Å². The van der Waals surface area contributed by atoms with Gasteiger partial charge in [0.15, 0.2) is 11.6 Å². The number of hydrogen-bond acceptors (Lipinski definition) is 4. The summed E-state index contributed by atoms with van der Waals surface area (Å²) in [5.41, 5.74) is 1.12. The third kappa shape index (κ3) is 5.03. The summed E-state index contributed by atoms with van der Waals surface area (Å²) < 4.78 is 19.5. The minimum Gasteiger partial charge on any atom is -0.484 e. The van der Waals surface area contributed by atoms with Crippen LogP contribution in [0, 0.1) is 11.7 Å². The topological polar surface area (TPSA) is 63.2 Å². The Balaban J connectivity index is 1.96. The van der Waals surface area contributed by atoms with Gasteiger partial charge in [-0.1, -0.05) is 13.0 Å². The van der Waals surface area contributed by atoms with Crippen molar-refractivity contribution in [2.75, 3.05) is 18.9 Å². The van der Waals surface area contributed by atoms with Crippen LogP contribution in [0.2, 0.25) is 0 Å². The van der Waals surface area contributed by atoms with Crippen molar-refractivity contribution in [3.63, 3.8) is 0 Å². The second-order valence-electron chi connectivity index (χ2n) is 5.20. The molecule has 23 heavy (non-hydrogen) atoms. The van der Waals surface area contributed by atoms with Crippen LogP contribution in [0.5, 0.6) is 5.75 Å². The molecule has 1 heterocycles. The van der Waals surface area contributed by atoms with E-state index in [2.05, 4.69) is 15.6 Å². The normalized spacial score (nSPS) is 11.8. The second-order valence-corrected chi connectivity index (χ2v) is 5.20. The Morgan fingerprint density at radius 1 is 1.35 bits per heavy atom. The maximum Gasteiger partial charge on any atom is 0.228 e. The molecular weight excluding hydrogens is 297 g/mol. The zero-order valence-electron chi connectivity index (χ0n) is 13.2. The van der Waals surface area contributed by atoms with Crippen LogP contribution in [0.15, 0.2) is 42.6 Å². The third-order valence-corrected chi connectivity index (χ3v) is 3.26. The number of anilines is 1. The molecule has 0 saturated carbocycles. The molecule has 1 aromatic carbocycles. The zero-order chi connectivity index (χ0) is 16.7. The predicted molar refractivity (Wildman–Crippen MR) is 86.7 cm³/mol. The van der Waals surface area contributed by atoms with Crippen molar-refractivity contribution in [3.05, 3.63) is 54.1 Å². The van der Waals surface area contributed by atoms with Gasteiger partial charge in [-0.3, -0.25) is 9.78 Å². The van der Waals surface area contributed by atoms with Gasteiger partial charge in [-0.05, 0) is 31.3 Å². The molecule has 2 N–H and O–H groups in total. The van der Waals surface area contributed by atoms with Gasteiger partial charge in [-0.15, -0.1) is 0 Å². The molecule has 2 rings (SSSR count). The molecule has 6 heteroatoms. The van der Waals surface area contributed by atoms with Gasteiger partial charge in [-0.25, -0.2) is 4.39 Å². The van der Waals surface area contributed by atoms with E-state index in [1.165, 1.54) is 12.1 Å². The van der Waals surface area contributed by atoms with Crippen LogP contribution in [0.1, 0.15) is 12.6 Å². The van der Waals surface area contributed by atoms with E-state index in [-0.39, 0.29) is 24.2 Å². The first-order valence-corrected chi connectivity index (χ1v) is 7.38. The molecule has 1 amide bonds. The van der Waals surface area contributed by atoms with Gasteiger partial charge >= 0.3 is 0 Å². The number of hydrogen-bond donors (Lipinski definition) is 2. The standard InChI is InChI=1S/C17H20FN3O2/c1-12(10-19-2)17(22)21-13-6-7-16(15(18)9-13)23-11-14-5-3-4-8-20-14/h3-9,12,19H,10-11H2,1-2H3,(H,21,22). The van der Waals surface area contributed by atoms with E-state index in [1.54, 1.807) is 38.4 Å². The first-order chi connectivity index (χ1) is 11.1. The highest BCUT2D eigenvalue weighted by atomic mass is 19.1. The summed E-state index contributed by atoms with van der Waals surface area (Å²) in [7, 11) is 1.77. The lowest BCUT2D eigenvalue weighted by Gasteiger charge is -2.13. The number of rotatable bonds is 7. The van der Waals surface area contributed by atoms with Crippen LogP contribution in [0.3, 0.4) is 0 Å². The van der Waals surface area contributed by atoms with Crippen LogP contribution >= 0.6 is 0 Å². The lowest BCUT2D eigenvalue weighted by molar-refractivity contribution is -0.119. The predicted octanol–water partition coefficient (Wildman–Crippen LogP) is 2.59. The summed E-state index contributed by atoms with van der Waals surface area (Å²) >= 11 is 0. The van der Waals surface area contributed by atoms with Gasteiger partial charge in [0, 0.05) is 30.4 Å². The van der Waals surface area contributed by atoms with Crippen LogP contribution in [-0.4, -0.2) is 24.5 Å². The monoisotopic (exact) mass is 317 g/mol. The van der Waals surface area contributed by atoms with E-state index < -0.39 is 5.82 Å². The van der Waals surface area contributed by atoms with E-state index in [9.17, 15) is 9.18 Å². The summed E-state index contributed by atoms with van der Waals surface area (Å²) in [5.74, 6) is -0.777. The summed E-state index contributed by atoms with van der Waals surface area (Å²) in [4.78, 5) is 16.0. The number of amides is 1. The molecule has 0 bridgehead atoms. The van der Waals surface area contributed by atoms with Crippen molar-refractivity contribution in [2.24, 2.45) is 5.92 Å². The molecule has 1 atom stereocenters. The Hall–Kier alpha value is -2.47. The highest BCUT2D eigenvalue weighted by Gasteiger charge is 2.13. The van der Waals surface area contributed by atoms with E-state index >= 15 is 0 Å². The Kier molecular flexibility index (Phi) is 6.05. The number of aromatic nitrogens is 1. The maximum atomic E-state index is 14.0. The fraction of sp³-hybridized carbons (Fsp3) is 0.294. The Morgan fingerprint density at radius 3 is 2.83 bits per heavy atom. The van der Waals surface area contributed by atoms with Crippen LogP contribution < -0.4 is 15.4 Å². The smallest absolute Gasteiger partial charge is 0.228 e. The van der Waals surface area contributed by atoms with Crippen LogP contribution in [-0.2, 0) is 11.4 Å². The fourth-order valence-corrected chi connectivity index (χ4v) is 2.00. The Morgan fingerprint density at radius 2 is 2.17 bits per heavy atom. The van der Waals surface area contributed by atoms with E-state index in [4.69, 9.17) is 4.74 Å². The SMILES string of the molecule is CNCC(C)C(=O)Nc1ccc(OCc2ccccn2)c(F)c1. The van der Waals surface area contributed by atoms with Crippen molar-refractivity contribution >= 4 is 11.6 Å². The Labute approximate surface area is 134 Å². The molecule has 0 aliphatic carbocycles. The average Bonchev–Trinajstić information content (AvgIpc) is 2.55. The first kappa shape index (κ1) is 16.9. The molecule has 0 radical (unpaired) electrons. The van der Waals surface area contributed by atoms with Crippen molar-refractivity contribution in [2.45, 2.75) is 13.5 Å². The molecule has 0 saturated heterocycles. The summed E-state index contributed by atoms with van der Waals surface area (Å²) in [6, 6.07) is 9.80. The molecular formula is C17H20FN3O2. The summed E-state index contributed by atoms with van der Waals surface area (Å²) in [5, 5.41) is 5.61. The minimum atomic E-state index is -0.528. The maximum absolute atomic E-state index is 14.0. The van der Waals surface area contributed by atoms with Gasteiger partial charge in [0.2, 0.25) is 5.91 Å². The second kappa shape index (κ2) is 8.24. The molecule has 0 aliphatic rings. The van der Waals surface area contributed by atoms with E-state index in [0.29, 0.717) is 17.9 Å². The summed E-state index contributed by atoms with van der Waals surface area (Å²) in [6.45, 7) is 2.54. The molecule has 122 valence electrons.